The lowest BCUT2D eigenvalue weighted by Gasteiger charge is -2.09. The van der Waals surface area contributed by atoms with E-state index in [-0.39, 0.29) is 22.8 Å². The van der Waals surface area contributed by atoms with Crippen LogP contribution in [-0.2, 0) is 16.6 Å². The normalized spacial score (nSPS) is 11.0. The van der Waals surface area contributed by atoms with Gasteiger partial charge in [-0.05, 0) is 36.8 Å². The van der Waals surface area contributed by atoms with E-state index >= 15 is 0 Å². The number of halogens is 1. The van der Waals surface area contributed by atoms with Gasteiger partial charge in [-0.1, -0.05) is 18.2 Å². The van der Waals surface area contributed by atoms with Crippen molar-refractivity contribution in [3.8, 4) is 11.8 Å². The lowest BCUT2D eigenvalue weighted by atomic mass is 10.2. The lowest BCUT2D eigenvalue weighted by Crippen LogP contribution is -2.24. The molecule has 0 aliphatic heterocycles. The van der Waals surface area contributed by atoms with Gasteiger partial charge >= 0.3 is 0 Å². The van der Waals surface area contributed by atoms with Gasteiger partial charge in [-0.15, -0.1) is 0 Å². The van der Waals surface area contributed by atoms with E-state index in [2.05, 4.69) is 4.72 Å². The molecule has 2 rings (SSSR count). The van der Waals surface area contributed by atoms with E-state index in [1.54, 1.807) is 19.1 Å². The zero-order valence-corrected chi connectivity index (χ0v) is 13.2. The fourth-order valence-electron chi connectivity index (χ4n) is 1.98. The molecule has 0 unspecified atom stereocenters. The highest BCUT2D eigenvalue weighted by Crippen LogP contribution is 2.19. The van der Waals surface area contributed by atoms with E-state index in [0.717, 1.165) is 0 Å². The predicted octanol–water partition coefficient (Wildman–Crippen LogP) is 2.57. The molecule has 0 aliphatic rings. The van der Waals surface area contributed by atoms with E-state index in [9.17, 15) is 12.8 Å². The molecule has 5 nitrogen and oxygen atoms in total. The van der Waals surface area contributed by atoms with Crippen LogP contribution in [0.2, 0.25) is 0 Å². The first kappa shape index (κ1) is 16.9. The standard InChI is InChI=1S/C16H15FN2O3S/c1-2-22-15-8-7-12(9-14(15)17)11-19-23(20,21)16-6-4-3-5-13(16)10-18/h3-9,19H,2,11H2,1H3. The van der Waals surface area contributed by atoms with Crippen LogP contribution in [0.5, 0.6) is 5.75 Å². The number of nitriles is 1. The number of rotatable bonds is 6. The lowest BCUT2D eigenvalue weighted by molar-refractivity contribution is 0.321. The highest BCUT2D eigenvalue weighted by atomic mass is 32.2. The maximum absolute atomic E-state index is 13.8. The van der Waals surface area contributed by atoms with Gasteiger partial charge in [0.25, 0.3) is 0 Å². The number of nitrogens with one attached hydrogen (secondary N) is 1. The summed E-state index contributed by atoms with van der Waals surface area (Å²) in [6, 6.07) is 12.0. The summed E-state index contributed by atoms with van der Waals surface area (Å²) in [6.07, 6.45) is 0. The van der Waals surface area contributed by atoms with E-state index in [4.69, 9.17) is 10.00 Å². The maximum Gasteiger partial charge on any atom is 0.242 e. The first-order chi connectivity index (χ1) is 11.0. The van der Waals surface area contributed by atoms with Gasteiger partial charge in [0.2, 0.25) is 10.0 Å². The second-order valence-corrected chi connectivity index (χ2v) is 6.37. The van der Waals surface area contributed by atoms with Crippen molar-refractivity contribution in [2.75, 3.05) is 6.61 Å². The fourth-order valence-corrected chi connectivity index (χ4v) is 3.15. The Kier molecular flexibility index (Phi) is 5.32. The Balaban J connectivity index is 2.17. The molecule has 0 saturated heterocycles. The van der Waals surface area contributed by atoms with Crippen molar-refractivity contribution < 1.29 is 17.5 Å². The second-order valence-electron chi connectivity index (χ2n) is 4.63. The first-order valence-corrected chi connectivity index (χ1v) is 8.36. The third kappa shape index (κ3) is 4.06. The molecule has 0 heterocycles. The molecule has 0 radical (unpaired) electrons. The Morgan fingerprint density at radius 2 is 2.00 bits per heavy atom. The zero-order chi connectivity index (χ0) is 16.9. The zero-order valence-electron chi connectivity index (χ0n) is 12.4. The molecule has 0 aromatic heterocycles. The number of benzene rings is 2. The number of sulfonamides is 1. The number of hydrogen-bond acceptors (Lipinski definition) is 4. The molecule has 120 valence electrons. The third-order valence-corrected chi connectivity index (χ3v) is 4.52. The largest absolute Gasteiger partial charge is 0.491 e. The van der Waals surface area contributed by atoms with Crippen LogP contribution in [0.25, 0.3) is 0 Å². The Labute approximate surface area is 134 Å². The molecular formula is C16H15FN2O3S. The minimum absolute atomic E-state index is 0.0536. The Morgan fingerprint density at radius 1 is 1.26 bits per heavy atom. The summed E-state index contributed by atoms with van der Waals surface area (Å²) >= 11 is 0. The molecule has 2 aromatic rings. The van der Waals surface area contributed by atoms with Gasteiger partial charge in [-0.25, -0.2) is 17.5 Å². The van der Waals surface area contributed by atoms with Crippen LogP contribution in [-0.4, -0.2) is 15.0 Å². The van der Waals surface area contributed by atoms with Crippen LogP contribution >= 0.6 is 0 Å². The van der Waals surface area contributed by atoms with Crippen LogP contribution in [0.15, 0.2) is 47.4 Å². The van der Waals surface area contributed by atoms with E-state index < -0.39 is 15.8 Å². The van der Waals surface area contributed by atoms with Crippen LogP contribution in [0.3, 0.4) is 0 Å². The minimum atomic E-state index is -3.86. The van der Waals surface area contributed by atoms with Crippen molar-refractivity contribution in [1.29, 1.82) is 5.26 Å². The summed E-state index contributed by atoms with van der Waals surface area (Å²) in [5.41, 5.74) is 0.502. The maximum atomic E-state index is 13.8. The Bertz CT molecular complexity index is 845. The van der Waals surface area contributed by atoms with Gasteiger partial charge in [0.05, 0.1) is 17.1 Å². The predicted molar refractivity (Wildman–Crippen MR) is 82.8 cm³/mol. The van der Waals surface area contributed by atoms with Crippen LogP contribution in [0.4, 0.5) is 4.39 Å². The average molecular weight is 334 g/mol. The number of ether oxygens (including phenoxy) is 1. The SMILES string of the molecule is CCOc1ccc(CNS(=O)(=O)c2ccccc2C#N)cc1F. The summed E-state index contributed by atoms with van der Waals surface area (Å²) in [6.45, 7) is 1.99. The first-order valence-electron chi connectivity index (χ1n) is 6.88. The van der Waals surface area contributed by atoms with Gasteiger partial charge in [0.1, 0.15) is 6.07 Å². The summed E-state index contributed by atoms with van der Waals surface area (Å²) in [4.78, 5) is -0.103. The molecule has 0 saturated carbocycles. The van der Waals surface area contributed by atoms with Crippen molar-refractivity contribution in [1.82, 2.24) is 4.72 Å². The Hall–Kier alpha value is -2.43. The number of nitrogens with zero attached hydrogens (tertiary/aromatic N) is 1. The summed E-state index contributed by atoms with van der Waals surface area (Å²) in [5, 5.41) is 8.98. The molecule has 0 fully saturated rings. The van der Waals surface area contributed by atoms with Gasteiger partial charge in [-0.3, -0.25) is 0 Å². The van der Waals surface area contributed by atoms with Crippen molar-refractivity contribution in [2.45, 2.75) is 18.4 Å². The molecule has 23 heavy (non-hydrogen) atoms. The van der Waals surface area contributed by atoms with E-state index in [0.29, 0.717) is 12.2 Å². The third-order valence-electron chi connectivity index (χ3n) is 3.06. The van der Waals surface area contributed by atoms with Crippen molar-refractivity contribution in [3.05, 3.63) is 59.4 Å². The fraction of sp³-hybridized carbons (Fsp3) is 0.188. The average Bonchev–Trinajstić information content (AvgIpc) is 2.55. The van der Waals surface area contributed by atoms with Crippen molar-refractivity contribution in [2.24, 2.45) is 0 Å². The molecule has 0 amide bonds. The summed E-state index contributed by atoms with van der Waals surface area (Å²) < 4.78 is 45.7. The number of hydrogen-bond donors (Lipinski definition) is 1. The minimum Gasteiger partial charge on any atom is -0.491 e. The monoisotopic (exact) mass is 334 g/mol. The van der Waals surface area contributed by atoms with Gasteiger partial charge in [0, 0.05) is 6.54 Å². The van der Waals surface area contributed by atoms with Gasteiger partial charge in [0.15, 0.2) is 11.6 Å². The molecule has 0 atom stereocenters. The molecule has 0 bridgehead atoms. The summed E-state index contributed by atoms with van der Waals surface area (Å²) in [5.74, 6) is -0.435. The van der Waals surface area contributed by atoms with Crippen molar-refractivity contribution in [3.63, 3.8) is 0 Å². The van der Waals surface area contributed by atoms with Crippen LogP contribution in [0, 0.1) is 17.1 Å². The second kappa shape index (κ2) is 7.22. The van der Waals surface area contributed by atoms with Crippen LogP contribution < -0.4 is 9.46 Å². The van der Waals surface area contributed by atoms with Crippen LogP contribution in [0.1, 0.15) is 18.1 Å². The molecule has 0 spiro atoms. The topological polar surface area (TPSA) is 79.2 Å². The molecule has 1 N–H and O–H groups in total. The van der Waals surface area contributed by atoms with E-state index in [1.807, 2.05) is 6.07 Å². The summed E-state index contributed by atoms with van der Waals surface area (Å²) in [7, 11) is -3.86. The Morgan fingerprint density at radius 3 is 2.65 bits per heavy atom. The van der Waals surface area contributed by atoms with Crippen molar-refractivity contribution >= 4 is 10.0 Å². The van der Waals surface area contributed by atoms with Gasteiger partial charge in [-0.2, -0.15) is 5.26 Å². The van der Waals surface area contributed by atoms with Gasteiger partial charge < -0.3 is 4.74 Å². The highest BCUT2D eigenvalue weighted by Gasteiger charge is 2.18. The molecule has 2 aromatic carbocycles. The van der Waals surface area contributed by atoms with E-state index in [1.165, 1.54) is 30.3 Å². The molecule has 0 aliphatic carbocycles. The molecular weight excluding hydrogens is 319 g/mol. The quantitative estimate of drug-likeness (QED) is 0.880. The molecule has 7 heteroatoms. The highest BCUT2D eigenvalue weighted by molar-refractivity contribution is 7.89. The smallest absolute Gasteiger partial charge is 0.242 e.